The maximum atomic E-state index is 12.2. The summed E-state index contributed by atoms with van der Waals surface area (Å²) in [5.41, 5.74) is -0.955. The summed E-state index contributed by atoms with van der Waals surface area (Å²) in [6.45, 7) is 2.81. The van der Waals surface area contributed by atoms with E-state index in [0.29, 0.717) is 5.75 Å². The lowest BCUT2D eigenvalue weighted by Crippen LogP contribution is -2.52. The van der Waals surface area contributed by atoms with Crippen molar-refractivity contribution in [3.8, 4) is 11.8 Å². The highest BCUT2D eigenvalue weighted by Gasteiger charge is 2.35. The van der Waals surface area contributed by atoms with Gasteiger partial charge in [-0.1, -0.05) is 6.07 Å². The second kappa shape index (κ2) is 6.13. The normalized spacial score (nSPS) is 10.4. The number of carboxylic acids is 1. The molecule has 0 atom stereocenters. The maximum Gasteiger partial charge on any atom is 0.329 e. The van der Waals surface area contributed by atoms with Gasteiger partial charge < -0.3 is 20.1 Å². The number of nitrogens with zero attached hydrogens (tertiary/aromatic N) is 2. The first-order valence-corrected chi connectivity index (χ1v) is 6.11. The van der Waals surface area contributed by atoms with Crippen LogP contribution in [0.1, 0.15) is 19.4 Å². The number of carbonyl (C=O) groups is 2. The standard InChI is InChI=1S/C14H17N3O4/c1-14(2,12(18)19)17(3)13(20)16-11-9(8-15)6-5-7-10(11)21-4/h5-7H,1-4H3,(H,16,20)(H,18,19). The predicted octanol–water partition coefficient (Wildman–Crippen LogP) is 1.89. The predicted molar refractivity (Wildman–Crippen MR) is 76.2 cm³/mol. The molecule has 1 aromatic carbocycles. The summed E-state index contributed by atoms with van der Waals surface area (Å²) < 4.78 is 5.10. The van der Waals surface area contributed by atoms with Crippen LogP contribution in [0.4, 0.5) is 10.5 Å². The van der Waals surface area contributed by atoms with Gasteiger partial charge >= 0.3 is 12.0 Å². The number of nitrogens with one attached hydrogen (secondary N) is 1. The molecule has 0 aliphatic rings. The molecule has 0 unspecified atom stereocenters. The molecule has 7 nitrogen and oxygen atoms in total. The van der Waals surface area contributed by atoms with Crippen molar-refractivity contribution in [2.24, 2.45) is 0 Å². The van der Waals surface area contributed by atoms with E-state index in [2.05, 4.69) is 5.32 Å². The summed E-state index contributed by atoms with van der Waals surface area (Å²) in [6.07, 6.45) is 0. The van der Waals surface area contributed by atoms with Gasteiger partial charge in [-0.05, 0) is 26.0 Å². The molecule has 1 rings (SSSR count). The van der Waals surface area contributed by atoms with E-state index >= 15 is 0 Å². The number of aliphatic carboxylic acids is 1. The number of anilines is 1. The fraction of sp³-hybridized carbons (Fsp3) is 0.357. The highest BCUT2D eigenvalue weighted by molar-refractivity contribution is 5.95. The Hall–Kier alpha value is -2.75. The van der Waals surface area contributed by atoms with Crippen LogP contribution in [0, 0.1) is 11.3 Å². The van der Waals surface area contributed by atoms with Crippen LogP contribution in [-0.4, -0.2) is 41.7 Å². The minimum atomic E-state index is -1.39. The van der Waals surface area contributed by atoms with Gasteiger partial charge in [-0.25, -0.2) is 9.59 Å². The third-order valence-electron chi connectivity index (χ3n) is 3.27. The van der Waals surface area contributed by atoms with E-state index in [0.717, 1.165) is 4.90 Å². The molecule has 2 N–H and O–H groups in total. The summed E-state index contributed by atoms with van der Waals surface area (Å²) in [6, 6.07) is 6.04. The number of amides is 2. The second-order valence-corrected chi connectivity index (χ2v) is 4.85. The number of urea groups is 1. The highest BCUT2D eigenvalue weighted by atomic mass is 16.5. The number of methoxy groups -OCH3 is 1. The largest absolute Gasteiger partial charge is 0.495 e. The van der Waals surface area contributed by atoms with E-state index in [9.17, 15) is 9.59 Å². The molecule has 1 aromatic rings. The Kier molecular flexibility index (Phi) is 4.76. The van der Waals surface area contributed by atoms with Gasteiger partial charge in [0.1, 0.15) is 23.0 Å². The summed E-state index contributed by atoms with van der Waals surface area (Å²) in [4.78, 5) is 24.4. The number of carboxylic acid groups (broad SMARTS) is 1. The van der Waals surface area contributed by atoms with E-state index in [1.165, 1.54) is 34.1 Å². The Bertz CT molecular complexity index is 605. The van der Waals surface area contributed by atoms with Crippen LogP contribution in [0.15, 0.2) is 18.2 Å². The van der Waals surface area contributed by atoms with Crippen molar-refractivity contribution < 1.29 is 19.4 Å². The average Bonchev–Trinajstić information content (AvgIpc) is 2.46. The molecule has 0 aliphatic heterocycles. The second-order valence-electron chi connectivity index (χ2n) is 4.85. The Labute approximate surface area is 122 Å². The Morgan fingerprint density at radius 1 is 1.43 bits per heavy atom. The van der Waals surface area contributed by atoms with E-state index < -0.39 is 17.5 Å². The van der Waals surface area contributed by atoms with Gasteiger partial charge in [0.05, 0.1) is 12.7 Å². The van der Waals surface area contributed by atoms with Gasteiger partial charge in [0, 0.05) is 7.05 Å². The zero-order chi connectivity index (χ0) is 16.2. The number of nitriles is 1. The number of hydrogen-bond acceptors (Lipinski definition) is 4. The maximum absolute atomic E-state index is 12.2. The summed E-state index contributed by atoms with van der Waals surface area (Å²) in [5, 5.41) is 20.7. The molecule has 0 radical (unpaired) electrons. The highest BCUT2D eigenvalue weighted by Crippen LogP contribution is 2.28. The van der Waals surface area contributed by atoms with Crippen molar-refractivity contribution in [2.45, 2.75) is 19.4 Å². The van der Waals surface area contributed by atoms with Gasteiger partial charge in [0.15, 0.2) is 0 Å². The molecule has 112 valence electrons. The van der Waals surface area contributed by atoms with E-state index in [4.69, 9.17) is 15.1 Å². The van der Waals surface area contributed by atoms with Crippen LogP contribution < -0.4 is 10.1 Å². The molecule has 0 bridgehead atoms. The van der Waals surface area contributed by atoms with Crippen LogP contribution in [0.2, 0.25) is 0 Å². The number of likely N-dealkylation sites (N-methyl/N-ethyl adjacent to an activating group) is 1. The SMILES string of the molecule is COc1cccc(C#N)c1NC(=O)N(C)C(C)(C)C(=O)O. The van der Waals surface area contributed by atoms with E-state index in [1.54, 1.807) is 12.1 Å². The van der Waals surface area contributed by atoms with E-state index in [1.807, 2.05) is 6.07 Å². The molecule has 0 heterocycles. The lowest BCUT2D eigenvalue weighted by atomic mass is 10.0. The van der Waals surface area contributed by atoms with Gasteiger partial charge in [-0.3, -0.25) is 0 Å². The number of carbonyl (C=O) groups excluding carboxylic acids is 1. The number of ether oxygens (including phenoxy) is 1. The van der Waals surface area contributed by atoms with Crippen molar-refractivity contribution >= 4 is 17.7 Å². The zero-order valence-corrected chi connectivity index (χ0v) is 12.3. The molecular weight excluding hydrogens is 274 g/mol. The molecule has 2 amide bonds. The van der Waals surface area contributed by atoms with Crippen LogP contribution in [0.3, 0.4) is 0 Å². The third kappa shape index (κ3) is 3.23. The molecule has 0 aromatic heterocycles. The minimum absolute atomic E-state index is 0.209. The molecule has 0 fully saturated rings. The monoisotopic (exact) mass is 291 g/mol. The first-order chi connectivity index (χ1) is 9.75. The van der Waals surface area contributed by atoms with Crippen molar-refractivity contribution in [1.82, 2.24) is 4.90 Å². The summed E-state index contributed by atoms with van der Waals surface area (Å²) >= 11 is 0. The molecule has 0 spiro atoms. The van der Waals surface area contributed by atoms with Crippen LogP contribution in [0.25, 0.3) is 0 Å². The zero-order valence-electron chi connectivity index (χ0n) is 12.3. The number of benzene rings is 1. The lowest BCUT2D eigenvalue weighted by molar-refractivity contribution is -0.146. The lowest BCUT2D eigenvalue weighted by Gasteiger charge is -2.31. The number of hydrogen-bond donors (Lipinski definition) is 2. The van der Waals surface area contributed by atoms with Crippen LogP contribution >= 0.6 is 0 Å². The van der Waals surface area contributed by atoms with Crippen molar-refractivity contribution in [2.75, 3.05) is 19.5 Å². The van der Waals surface area contributed by atoms with Crippen molar-refractivity contribution in [3.63, 3.8) is 0 Å². The van der Waals surface area contributed by atoms with Crippen LogP contribution in [0.5, 0.6) is 5.75 Å². The van der Waals surface area contributed by atoms with E-state index in [-0.39, 0.29) is 11.3 Å². The Morgan fingerprint density at radius 2 is 2.05 bits per heavy atom. The van der Waals surface area contributed by atoms with Crippen molar-refractivity contribution in [3.05, 3.63) is 23.8 Å². The smallest absolute Gasteiger partial charge is 0.329 e. The molecule has 21 heavy (non-hydrogen) atoms. The van der Waals surface area contributed by atoms with Gasteiger partial charge in [0.25, 0.3) is 0 Å². The Balaban J connectivity index is 3.10. The molecule has 7 heteroatoms. The molecule has 0 aliphatic carbocycles. The quantitative estimate of drug-likeness (QED) is 0.881. The number of para-hydroxylation sites is 1. The summed E-state index contributed by atoms with van der Waals surface area (Å²) in [5.74, 6) is -0.815. The van der Waals surface area contributed by atoms with Gasteiger partial charge in [-0.2, -0.15) is 5.26 Å². The first-order valence-electron chi connectivity index (χ1n) is 6.11. The Morgan fingerprint density at radius 3 is 2.52 bits per heavy atom. The topological polar surface area (TPSA) is 103 Å². The fourth-order valence-electron chi connectivity index (χ4n) is 1.51. The molecule has 0 saturated carbocycles. The third-order valence-corrected chi connectivity index (χ3v) is 3.27. The van der Waals surface area contributed by atoms with Crippen molar-refractivity contribution in [1.29, 1.82) is 5.26 Å². The van der Waals surface area contributed by atoms with Gasteiger partial charge in [0.2, 0.25) is 0 Å². The summed E-state index contributed by atoms with van der Waals surface area (Å²) in [7, 11) is 2.78. The first kappa shape index (κ1) is 16.3. The molecular formula is C14H17N3O4. The number of rotatable bonds is 4. The minimum Gasteiger partial charge on any atom is -0.495 e. The average molecular weight is 291 g/mol. The molecule has 0 saturated heterocycles. The van der Waals surface area contributed by atoms with Gasteiger partial charge in [-0.15, -0.1) is 0 Å². The van der Waals surface area contributed by atoms with Crippen LogP contribution in [-0.2, 0) is 4.79 Å². The fourth-order valence-corrected chi connectivity index (χ4v) is 1.51.